The van der Waals surface area contributed by atoms with E-state index < -0.39 is 5.82 Å². The first kappa shape index (κ1) is 21.8. The average Bonchev–Trinajstić information content (AvgIpc) is 2.74. The molecular formula is C22H24F2N4OS. The molecule has 0 unspecified atom stereocenters. The molecule has 30 heavy (non-hydrogen) atoms. The summed E-state index contributed by atoms with van der Waals surface area (Å²) in [5.74, 6) is 0.0249. The van der Waals surface area contributed by atoms with Gasteiger partial charge in [-0.3, -0.25) is 0 Å². The SMILES string of the molecule is CS.Cc1cc2cc(c1)OCCCCNc1cc(ccc1F)-c1nc(ncc1F)N2. The largest absolute Gasteiger partial charge is 0.494 e. The second kappa shape index (κ2) is 10.2. The van der Waals surface area contributed by atoms with E-state index in [2.05, 4.69) is 33.2 Å². The summed E-state index contributed by atoms with van der Waals surface area (Å²) in [7, 11) is 0. The van der Waals surface area contributed by atoms with Gasteiger partial charge < -0.3 is 15.4 Å². The van der Waals surface area contributed by atoms with Crippen LogP contribution in [0.25, 0.3) is 11.3 Å². The smallest absolute Gasteiger partial charge is 0.227 e. The van der Waals surface area contributed by atoms with Crippen molar-refractivity contribution in [2.75, 3.05) is 30.0 Å². The highest BCUT2D eigenvalue weighted by Gasteiger charge is 2.13. The van der Waals surface area contributed by atoms with Gasteiger partial charge in [-0.25, -0.2) is 18.7 Å². The molecule has 0 radical (unpaired) electrons. The molecule has 4 rings (SSSR count). The first-order valence-electron chi connectivity index (χ1n) is 9.61. The molecule has 8 heteroatoms. The Balaban J connectivity index is 0.00000124. The van der Waals surface area contributed by atoms with E-state index in [4.69, 9.17) is 4.74 Å². The Morgan fingerprint density at radius 2 is 1.87 bits per heavy atom. The van der Waals surface area contributed by atoms with Crippen LogP contribution >= 0.6 is 12.6 Å². The first-order valence-corrected chi connectivity index (χ1v) is 10.5. The third-order valence-electron chi connectivity index (χ3n) is 4.45. The molecule has 5 nitrogen and oxygen atoms in total. The van der Waals surface area contributed by atoms with Gasteiger partial charge in [0.2, 0.25) is 5.95 Å². The van der Waals surface area contributed by atoms with Crippen molar-refractivity contribution in [3.8, 4) is 17.0 Å². The minimum absolute atomic E-state index is 0.108. The van der Waals surface area contributed by atoms with Gasteiger partial charge in [-0.15, -0.1) is 0 Å². The minimum Gasteiger partial charge on any atom is -0.494 e. The zero-order chi connectivity index (χ0) is 21.5. The van der Waals surface area contributed by atoms with Crippen LogP contribution in [-0.4, -0.2) is 29.4 Å². The molecule has 0 spiro atoms. The molecule has 0 amide bonds. The molecule has 158 valence electrons. The van der Waals surface area contributed by atoms with Crippen LogP contribution in [0.2, 0.25) is 0 Å². The van der Waals surface area contributed by atoms with Gasteiger partial charge >= 0.3 is 0 Å². The van der Waals surface area contributed by atoms with E-state index in [-0.39, 0.29) is 17.5 Å². The van der Waals surface area contributed by atoms with Crippen molar-refractivity contribution < 1.29 is 13.5 Å². The van der Waals surface area contributed by atoms with Crippen molar-refractivity contribution in [1.82, 2.24) is 9.97 Å². The van der Waals surface area contributed by atoms with Crippen LogP contribution in [0, 0.1) is 18.6 Å². The molecular weight excluding hydrogens is 406 g/mol. The van der Waals surface area contributed by atoms with Crippen LogP contribution in [-0.2, 0) is 0 Å². The summed E-state index contributed by atoms with van der Waals surface area (Å²) in [6.07, 6.45) is 4.44. The number of halogens is 2. The minimum atomic E-state index is -0.572. The summed E-state index contributed by atoms with van der Waals surface area (Å²) in [5.41, 5.74) is 2.68. The molecule has 2 heterocycles. The highest BCUT2D eigenvalue weighted by atomic mass is 32.1. The number of nitrogens with zero attached hydrogens (tertiary/aromatic N) is 2. The van der Waals surface area contributed by atoms with Crippen LogP contribution in [0.1, 0.15) is 18.4 Å². The molecule has 0 aliphatic carbocycles. The fourth-order valence-corrected chi connectivity index (χ4v) is 3.11. The van der Waals surface area contributed by atoms with Gasteiger partial charge in [0.1, 0.15) is 17.3 Å². The number of fused-ring (bicyclic) bond motifs is 7. The van der Waals surface area contributed by atoms with Gasteiger partial charge in [0.05, 0.1) is 18.5 Å². The van der Waals surface area contributed by atoms with Crippen LogP contribution in [0.4, 0.5) is 26.1 Å². The second-order valence-corrected chi connectivity index (χ2v) is 6.73. The Labute approximate surface area is 180 Å². The lowest BCUT2D eigenvalue weighted by Gasteiger charge is -2.14. The number of rotatable bonds is 0. The van der Waals surface area contributed by atoms with Gasteiger partial charge in [0, 0.05) is 23.9 Å². The Morgan fingerprint density at radius 1 is 1.03 bits per heavy atom. The Morgan fingerprint density at radius 3 is 2.70 bits per heavy atom. The molecule has 3 aromatic rings. The zero-order valence-electron chi connectivity index (χ0n) is 16.9. The topological polar surface area (TPSA) is 59.1 Å². The maximum Gasteiger partial charge on any atom is 0.227 e. The van der Waals surface area contributed by atoms with Crippen molar-refractivity contribution in [2.45, 2.75) is 19.8 Å². The van der Waals surface area contributed by atoms with Crippen molar-refractivity contribution in [3.05, 3.63) is 59.8 Å². The average molecular weight is 431 g/mol. The number of ether oxygens (including phenoxy) is 1. The highest BCUT2D eigenvalue weighted by molar-refractivity contribution is 7.79. The summed E-state index contributed by atoms with van der Waals surface area (Å²) >= 11 is 3.53. The molecule has 0 saturated carbocycles. The van der Waals surface area contributed by atoms with Crippen LogP contribution in [0.5, 0.6) is 5.75 Å². The van der Waals surface area contributed by atoms with Crippen molar-refractivity contribution >= 4 is 30.0 Å². The molecule has 0 saturated heterocycles. The third kappa shape index (κ3) is 5.38. The van der Waals surface area contributed by atoms with Crippen molar-refractivity contribution in [3.63, 3.8) is 0 Å². The zero-order valence-corrected chi connectivity index (χ0v) is 17.8. The number of aromatic nitrogens is 2. The van der Waals surface area contributed by atoms with E-state index in [0.29, 0.717) is 24.4 Å². The second-order valence-electron chi connectivity index (χ2n) is 6.73. The van der Waals surface area contributed by atoms with Gasteiger partial charge in [-0.2, -0.15) is 12.6 Å². The van der Waals surface area contributed by atoms with E-state index in [9.17, 15) is 8.78 Å². The molecule has 2 aromatic carbocycles. The molecule has 1 aliphatic rings. The number of aryl methyl sites for hydroxylation is 1. The van der Waals surface area contributed by atoms with Crippen molar-refractivity contribution in [2.24, 2.45) is 0 Å². The summed E-state index contributed by atoms with van der Waals surface area (Å²) in [5, 5.41) is 6.16. The van der Waals surface area contributed by atoms with Gasteiger partial charge in [0.25, 0.3) is 0 Å². The number of hydrogen-bond acceptors (Lipinski definition) is 6. The lowest BCUT2D eigenvalue weighted by atomic mass is 10.1. The fourth-order valence-electron chi connectivity index (χ4n) is 3.11. The van der Waals surface area contributed by atoms with E-state index in [1.807, 2.05) is 25.1 Å². The quantitative estimate of drug-likeness (QED) is 0.405. The number of anilines is 3. The fraction of sp³-hybridized carbons (Fsp3) is 0.273. The lowest BCUT2D eigenvalue weighted by molar-refractivity contribution is 0.308. The normalized spacial score (nSPS) is 13.1. The maximum atomic E-state index is 14.4. The number of thiol groups is 1. The standard InChI is InChI=1S/C21H20F2N4O.CH4S/c1-13-8-15-11-16(9-13)28-7-3-2-6-24-19-10-14(4-5-17(19)22)20-18(23)12-25-21(26-15)27-20;1-2/h4-5,8-12,24H,2-3,6-7H2,1H3,(H,25,26,27);2H,1H3. The Kier molecular flexibility index (Phi) is 7.46. The van der Waals surface area contributed by atoms with Crippen LogP contribution in [0.3, 0.4) is 0 Å². The van der Waals surface area contributed by atoms with Gasteiger partial charge in [-0.05, 0) is 61.9 Å². The number of hydrogen-bond donors (Lipinski definition) is 3. The molecule has 2 N–H and O–H groups in total. The monoisotopic (exact) mass is 430 g/mol. The molecule has 6 bridgehead atoms. The predicted octanol–water partition coefficient (Wildman–Crippen LogP) is 5.60. The summed E-state index contributed by atoms with van der Waals surface area (Å²) in [6, 6.07) is 10.1. The summed E-state index contributed by atoms with van der Waals surface area (Å²) in [6.45, 7) is 3.11. The highest BCUT2D eigenvalue weighted by Crippen LogP contribution is 2.28. The molecule has 0 atom stereocenters. The predicted molar refractivity (Wildman–Crippen MR) is 120 cm³/mol. The molecule has 0 fully saturated rings. The maximum absolute atomic E-state index is 14.4. The first-order chi connectivity index (χ1) is 14.6. The Hall–Kier alpha value is -2.87. The van der Waals surface area contributed by atoms with Crippen LogP contribution < -0.4 is 15.4 Å². The number of nitrogens with one attached hydrogen (secondary N) is 2. The van der Waals surface area contributed by atoms with Gasteiger partial charge in [0.15, 0.2) is 5.82 Å². The molecule has 1 aromatic heterocycles. The summed E-state index contributed by atoms with van der Waals surface area (Å²) < 4.78 is 34.3. The summed E-state index contributed by atoms with van der Waals surface area (Å²) in [4.78, 5) is 8.32. The van der Waals surface area contributed by atoms with E-state index in [1.54, 1.807) is 12.3 Å². The van der Waals surface area contributed by atoms with E-state index >= 15 is 0 Å². The van der Waals surface area contributed by atoms with E-state index in [0.717, 1.165) is 36.0 Å². The van der Waals surface area contributed by atoms with Crippen LogP contribution in [0.15, 0.2) is 42.6 Å². The number of benzene rings is 2. The van der Waals surface area contributed by atoms with Crippen molar-refractivity contribution in [1.29, 1.82) is 0 Å². The van der Waals surface area contributed by atoms with E-state index in [1.165, 1.54) is 12.1 Å². The third-order valence-corrected chi connectivity index (χ3v) is 4.45. The Bertz CT molecular complexity index is 1020. The molecule has 1 aliphatic heterocycles. The lowest BCUT2D eigenvalue weighted by Crippen LogP contribution is -2.07. The van der Waals surface area contributed by atoms with Gasteiger partial charge in [-0.1, -0.05) is 0 Å².